The summed E-state index contributed by atoms with van der Waals surface area (Å²) in [5.41, 5.74) is 6.09. The summed E-state index contributed by atoms with van der Waals surface area (Å²) in [6, 6.07) is 1.60. The molecule has 0 bridgehead atoms. The Bertz CT molecular complexity index is 608. The van der Waals surface area contributed by atoms with Gasteiger partial charge in [0.1, 0.15) is 17.1 Å². The first kappa shape index (κ1) is 15.6. The largest absolute Gasteiger partial charge is 0.468 e. The van der Waals surface area contributed by atoms with Crippen LogP contribution in [0.1, 0.15) is 35.3 Å². The van der Waals surface area contributed by atoms with Crippen molar-refractivity contribution in [1.82, 2.24) is 14.8 Å². The van der Waals surface area contributed by atoms with Gasteiger partial charge in [0.15, 0.2) is 5.16 Å². The number of carbonyl (C=O) groups is 1. The van der Waals surface area contributed by atoms with Gasteiger partial charge in [-0.05, 0) is 12.5 Å². The number of methoxy groups -OCH3 is 1. The summed E-state index contributed by atoms with van der Waals surface area (Å²) in [4.78, 5) is 11.6. The first-order valence-electron chi connectivity index (χ1n) is 6.60. The van der Waals surface area contributed by atoms with Crippen LogP contribution in [0.25, 0.3) is 0 Å². The molecule has 114 valence electrons. The normalized spacial score (nSPS) is 10.8. The minimum Gasteiger partial charge on any atom is -0.468 e. The van der Waals surface area contributed by atoms with Gasteiger partial charge in [0.25, 0.3) is 0 Å². The number of ether oxygens (including phenoxy) is 1. The number of esters is 1. The number of hydrogen-bond acceptors (Lipinski definition) is 7. The van der Waals surface area contributed by atoms with E-state index in [1.165, 1.54) is 25.1 Å². The van der Waals surface area contributed by atoms with Crippen LogP contribution < -0.4 is 5.73 Å². The Kier molecular flexibility index (Phi) is 5.40. The number of nitrogens with two attached hydrogens (primary N) is 1. The molecule has 2 aromatic rings. The van der Waals surface area contributed by atoms with Crippen molar-refractivity contribution in [2.24, 2.45) is 5.73 Å². The van der Waals surface area contributed by atoms with Crippen LogP contribution in [0.15, 0.2) is 21.9 Å². The molecule has 0 amide bonds. The quantitative estimate of drug-likeness (QED) is 0.615. The molecule has 0 aromatic carbocycles. The van der Waals surface area contributed by atoms with Crippen LogP contribution in [0.4, 0.5) is 0 Å². The number of thioether (sulfide) groups is 1. The van der Waals surface area contributed by atoms with Crippen molar-refractivity contribution >= 4 is 17.7 Å². The van der Waals surface area contributed by atoms with Crippen LogP contribution in [-0.2, 0) is 23.6 Å². The molecule has 0 fully saturated rings. The summed E-state index contributed by atoms with van der Waals surface area (Å²) in [5, 5.41) is 8.98. The number of furan rings is 1. The lowest BCUT2D eigenvalue weighted by atomic mass is 10.3. The van der Waals surface area contributed by atoms with Crippen LogP contribution in [0.5, 0.6) is 0 Å². The standard InChI is InChI=1S/C13H18N4O3S/c1-3-5-17-11(7-14)15-16-13(17)21-8-10-9(4-6-20-10)12(18)19-2/h4,6H,3,5,7-8,14H2,1-2H3. The van der Waals surface area contributed by atoms with E-state index in [1.807, 2.05) is 4.57 Å². The molecule has 2 N–H and O–H groups in total. The van der Waals surface area contributed by atoms with Gasteiger partial charge in [0.05, 0.1) is 25.7 Å². The van der Waals surface area contributed by atoms with Crippen LogP contribution in [-0.4, -0.2) is 27.8 Å². The molecule has 0 aliphatic heterocycles. The predicted octanol–water partition coefficient (Wildman–Crippen LogP) is 1.82. The molecule has 0 radical (unpaired) electrons. The Balaban J connectivity index is 2.12. The maximum atomic E-state index is 11.6. The van der Waals surface area contributed by atoms with E-state index in [2.05, 4.69) is 17.1 Å². The topological polar surface area (TPSA) is 96.2 Å². The third-order valence-electron chi connectivity index (χ3n) is 2.91. The minimum atomic E-state index is -0.406. The average Bonchev–Trinajstić information content (AvgIpc) is 3.11. The van der Waals surface area contributed by atoms with Gasteiger partial charge in [-0.3, -0.25) is 0 Å². The molecule has 2 heterocycles. The zero-order valence-corrected chi connectivity index (χ0v) is 12.9. The van der Waals surface area contributed by atoms with Gasteiger partial charge < -0.3 is 19.5 Å². The van der Waals surface area contributed by atoms with Gasteiger partial charge in [0, 0.05) is 6.54 Å². The van der Waals surface area contributed by atoms with Gasteiger partial charge in [-0.25, -0.2) is 4.79 Å². The SMILES string of the molecule is CCCn1c(CN)nnc1SCc1occc1C(=O)OC. The van der Waals surface area contributed by atoms with Gasteiger partial charge in [-0.15, -0.1) is 10.2 Å². The lowest BCUT2D eigenvalue weighted by Crippen LogP contribution is -2.09. The van der Waals surface area contributed by atoms with E-state index in [1.54, 1.807) is 6.07 Å². The van der Waals surface area contributed by atoms with E-state index in [-0.39, 0.29) is 0 Å². The second kappa shape index (κ2) is 7.28. The highest BCUT2D eigenvalue weighted by Gasteiger charge is 2.17. The van der Waals surface area contributed by atoms with E-state index in [9.17, 15) is 4.79 Å². The molecule has 0 saturated heterocycles. The molecule has 0 saturated carbocycles. The zero-order chi connectivity index (χ0) is 15.2. The second-order valence-electron chi connectivity index (χ2n) is 4.29. The summed E-state index contributed by atoms with van der Waals surface area (Å²) < 4.78 is 12.0. The maximum Gasteiger partial charge on any atom is 0.341 e. The molecule has 0 aliphatic carbocycles. The van der Waals surface area contributed by atoms with Crippen LogP contribution in [0.3, 0.4) is 0 Å². The number of carbonyl (C=O) groups excluding carboxylic acids is 1. The van der Waals surface area contributed by atoms with E-state index in [0.717, 1.165) is 23.9 Å². The molecular formula is C13H18N4O3S. The van der Waals surface area contributed by atoms with Crippen molar-refractivity contribution < 1.29 is 13.9 Å². The molecule has 0 spiro atoms. The molecule has 8 heteroatoms. The van der Waals surface area contributed by atoms with Crippen LogP contribution >= 0.6 is 11.8 Å². The maximum absolute atomic E-state index is 11.6. The van der Waals surface area contributed by atoms with Gasteiger partial charge >= 0.3 is 5.97 Å². The van der Waals surface area contributed by atoms with Crippen molar-refractivity contribution in [3.05, 3.63) is 29.5 Å². The molecule has 7 nitrogen and oxygen atoms in total. The van der Waals surface area contributed by atoms with E-state index < -0.39 is 5.97 Å². The molecule has 2 rings (SSSR count). The van der Waals surface area contributed by atoms with Gasteiger partial charge in [0.2, 0.25) is 0 Å². The summed E-state index contributed by atoms with van der Waals surface area (Å²) in [7, 11) is 1.34. The summed E-state index contributed by atoms with van der Waals surface area (Å²) >= 11 is 1.46. The van der Waals surface area contributed by atoms with E-state index >= 15 is 0 Å². The second-order valence-corrected chi connectivity index (χ2v) is 5.23. The average molecular weight is 310 g/mol. The van der Waals surface area contributed by atoms with Crippen molar-refractivity contribution in [2.75, 3.05) is 7.11 Å². The lowest BCUT2D eigenvalue weighted by molar-refractivity contribution is 0.0598. The van der Waals surface area contributed by atoms with Crippen LogP contribution in [0, 0.1) is 0 Å². The summed E-state index contributed by atoms with van der Waals surface area (Å²) in [6.07, 6.45) is 2.44. The lowest BCUT2D eigenvalue weighted by Gasteiger charge is -2.07. The third kappa shape index (κ3) is 3.45. The fourth-order valence-electron chi connectivity index (χ4n) is 1.90. The summed E-state index contributed by atoms with van der Waals surface area (Å²) in [5.74, 6) is 1.39. The van der Waals surface area contributed by atoms with Crippen LogP contribution in [0.2, 0.25) is 0 Å². The first-order valence-corrected chi connectivity index (χ1v) is 7.59. The van der Waals surface area contributed by atoms with E-state index in [4.69, 9.17) is 14.9 Å². The smallest absolute Gasteiger partial charge is 0.341 e. The van der Waals surface area contributed by atoms with Crippen molar-refractivity contribution in [3.63, 3.8) is 0 Å². The highest BCUT2D eigenvalue weighted by molar-refractivity contribution is 7.98. The molecule has 0 unspecified atom stereocenters. The fraction of sp³-hybridized carbons (Fsp3) is 0.462. The van der Waals surface area contributed by atoms with E-state index in [0.29, 0.717) is 23.6 Å². The predicted molar refractivity (Wildman–Crippen MR) is 77.8 cm³/mol. The Hall–Kier alpha value is -1.80. The fourth-order valence-corrected chi connectivity index (χ4v) is 2.83. The molecule has 0 atom stereocenters. The Morgan fingerprint density at radius 2 is 2.33 bits per heavy atom. The third-order valence-corrected chi connectivity index (χ3v) is 3.87. The Morgan fingerprint density at radius 1 is 1.52 bits per heavy atom. The monoisotopic (exact) mass is 310 g/mol. The van der Waals surface area contributed by atoms with Crippen molar-refractivity contribution in [2.45, 2.75) is 37.3 Å². The molecule has 2 aromatic heterocycles. The molecule has 0 aliphatic rings. The highest BCUT2D eigenvalue weighted by Crippen LogP contribution is 2.25. The Labute approximate surface area is 126 Å². The zero-order valence-electron chi connectivity index (χ0n) is 12.0. The number of aromatic nitrogens is 3. The molecule has 21 heavy (non-hydrogen) atoms. The number of hydrogen-bond donors (Lipinski definition) is 1. The molecular weight excluding hydrogens is 292 g/mol. The van der Waals surface area contributed by atoms with Gasteiger partial charge in [-0.1, -0.05) is 18.7 Å². The number of rotatable bonds is 7. The summed E-state index contributed by atoms with van der Waals surface area (Å²) in [6.45, 7) is 3.24. The highest BCUT2D eigenvalue weighted by atomic mass is 32.2. The van der Waals surface area contributed by atoms with Gasteiger partial charge in [-0.2, -0.15) is 0 Å². The number of nitrogens with zero attached hydrogens (tertiary/aromatic N) is 3. The van der Waals surface area contributed by atoms with Crippen molar-refractivity contribution in [3.8, 4) is 0 Å². The minimum absolute atomic E-state index is 0.349. The first-order chi connectivity index (χ1) is 10.2. The van der Waals surface area contributed by atoms with Crippen molar-refractivity contribution in [1.29, 1.82) is 0 Å². The Morgan fingerprint density at radius 3 is 3.00 bits per heavy atom.